The molecule has 0 spiro atoms. The monoisotopic (exact) mass is 123 g/mol. The van der Waals surface area contributed by atoms with Crippen molar-refractivity contribution < 1.29 is 0 Å². The average Bonchev–Trinajstić information content (AvgIpc) is 1.65. The molecule has 0 rings (SSSR count). The molecule has 0 N–H and O–H groups in total. The van der Waals surface area contributed by atoms with Crippen LogP contribution in [0.4, 0.5) is 0 Å². The summed E-state index contributed by atoms with van der Waals surface area (Å²) in [6.07, 6.45) is 1.86. The van der Waals surface area contributed by atoms with Crippen molar-refractivity contribution in [3.05, 3.63) is 11.6 Å². The molecule has 0 unspecified atom stereocenters. The second-order valence-electron chi connectivity index (χ2n) is 3.06. The fraction of sp³-hybridized carbons (Fsp3) is 0.625. The van der Waals surface area contributed by atoms with Crippen molar-refractivity contribution in [2.45, 2.75) is 27.7 Å². The molecule has 0 atom stereocenters. The Kier molecular flexibility index (Phi) is 2.45. The van der Waals surface area contributed by atoms with Crippen molar-refractivity contribution in [2.75, 3.05) is 0 Å². The second-order valence-corrected chi connectivity index (χ2v) is 3.06. The zero-order chi connectivity index (χ0) is 7.49. The van der Waals surface area contributed by atoms with Gasteiger partial charge in [-0.2, -0.15) is 5.26 Å². The van der Waals surface area contributed by atoms with Crippen LogP contribution in [0.5, 0.6) is 0 Å². The Morgan fingerprint density at radius 1 is 1.44 bits per heavy atom. The maximum absolute atomic E-state index is 8.54. The van der Waals surface area contributed by atoms with Gasteiger partial charge in [0.05, 0.1) is 6.07 Å². The first-order valence-electron chi connectivity index (χ1n) is 3.09. The summed E-state index contributed by atoms with van der Waals surface area (Å²) in [4.78, 5) is 0. The predicted octanol–water partition coefficient (Wildman–Crippen LogP) is 2.50. The normalized spacial score (nSPS) is 13.0. The van der Waals surface area contributed by atoms with Crippen molar-refractivity contribution in [3.8, 4) is 6.07 Å². The van der Waals surface area contributed by atoms with Gasteiger partial charge in [0.15, 0.2) is 0 Å². The van der Waals surface area contributed by atoms with Gasteiger partial charge in [-0.3, -0.25) is 0 Å². The van der Waals surface area contributed by atoms with E-state index in [4.69, 9.17) is 5.26 Å². The van der Waals surface area contributed by atoms with Gasteiger partial charge in [0.2, 0.25) is 0 Å². The van der Waals surface area contributed by atoms with E-state index in [0.29, 0.717) is 0 Å². The van der Waals surface area contributed by atoms with Crippen molar-refractivity contribution in [2.24, 2.45) is 5.41 Å². The molecule has 0 aromatic rings. The van der Waals surface area contributed by atoms with Crippen LogP contribution < -0.4 is 0 Å². The van der Waals surface area contributed by atoms with E-state index in [9.17, 15) is 0 Å². The minimum Gasteiger partial charge on any atom is -0.193 e. The SMILES string of the molecule is CC=C(C#N)C(C)(C)C. The molecule has 0 radical (unpaired) electrons. The molecule has 0 saturated heterocycles. The van der Waals surface area contributed by atoms with Crippen molar-refractivity contribution in [1.82, 2.24) is 0 Å². The lowest BCUT2D eigenvalue weighted by atomic mass is 9.87. The Morgan fingerprint density at radius 2 is 1.89 bits per heavy atom. The first-order valence-corrected chi connectivity index (χ1v) is 3.09. The summed E-state index contributed by atoms with van der Waals surface area (Å²) in [7, 11) is 0. The lowest BCUT2D eigenvalue weighted by molar-refractivity contribution is 0.519. The second kappa shape index (κ2) is 2.68. The molecule has 1 heteroatoms. The fourth-order valence-electron chi connectivity index (χ4n) is 0.665. The largest absolute Gasteiger partial charge is 0.193 e. The molecule has 0 aliphatic rings. The van der Waals surface area contributed by atoms with E-state index in [1.54, 1.807) is 0 Å². The Hall–Kier alpha value is -0.770. The van der Waals surface area contributed by atoms with E-state index in [1.165, 1.54) is 0 Å². The molecule has 0 bridgehead atoms. The summed E-state index contributed by atoms with van der Waals surface area (Å²) in [6, 6.07) is 2.15. The first-order chi connectivity index (χ1) is 4.02. The Labute approximate surface area is 57.0 Å². The highest BCUT2D eigenvalue weighted by atomic mass is 14.3. The molecule has 50 valence electrons. The number of nitriles is 1. The van der Waals surface area contributed by atoms with Crippen LogP contribution in [0.15, 0.2) is 11.6 Å². The van der Waals surface area contributed by atoms with Crippen LogP contribution in [0, 0.1) is 16.7 Å². The van der Waals surface area contributed by atoms with E-state index in [-0.39, 0.29) is 5.41 Å². The highest BCUT2D eigenvalue weighted by Crippen LogP contribution is 2.23. The summed E-state index contributed by atoms with van der Waals surface area (Å²) in [6.45, 7) is 7.99. The minimum atomic E-state index is 0.0174. The number of allylic oxidation sites excluding steroid dienone is 2. The number of nitrogens with zero attached hydrogens (tertiary/aromatic N) is 1. The van der Waals surface area contributed by atoms with Crippen LogP contribution in [0.2, 0.25) is 0 Å². The van der Waals surface area contributed by atoms with E-state index in [1.807, 2.05) is 33.8 Å². The minimum absolute atomic E-state index is 0.0174. The molecule has 0 saturated carbocycles. The number of hydrogen-bond acceptors (Lipinski definition) is 1. The molecule has 1 nitrogen and oxygen atoms in total. The van der Waals surface area contributed by atoms with Gasteiger partial charge in [-0.05, 0) is 12.3 Å². The van der Waals surface area contributed by atoms with Gasteiger partial charge in [-0.15, -0.1) is 0 Å². The van der Waals surface area contributed by atoms with Gasteiger partial charge in [-0.1, -0.05) is 26.8 Å². The highest BCUT2D eigenvalue weighted by Gasteiger charge is 2.14. The maximum Gasteiger partial charge on any atom is 0.0949 e. The third-order valence-corrected chi connectivity index (χ3v) is 1.22. The van der Waals surface area contributed by atoms with E-state index >= 15 is 0 Å². The van der Waals surface area contributed by atoms with Crippen molar-refractivity contribution >= 4 is 0 Å². The molecule has 0 aromatic carbocycles. The van der Waals surface area contributed by atoms with Gasteiger partial charge >= 0.3 is 0 Å². The van der Waals surface area contributed by atoms with Crippen molar-refractivity contribution in [3.63, 3.8) is 0 Å². The van der Waals surface area contributed by atoms with Gasteiger partial charge in [0, 0.05) is 5.57 Å². The molecule has 0 amide bonds. The van der Waals surface area contributed by atoms with Crippen LogP contribution in [-0.4, -0.2) is 0 Å². The summed E-state index contributed by atoms with van der Waals surface area (Å²) >= 11 is 0. The lowest BCUT2D eigenvalue weighted by Gasteiger charge is -2.15. The standard InChI is InChI=1S/C8H13N/c1-5-7(6-9)8(2,3)4/h5H,1-4H3. The molecular weight excluding hydrogens is 110 g/mol. The Morgan fingerprint density at radius 3 is 1.89 bits per heavy atom. The molecule has 0 aromatic heterocycles. The number of hydrogen-bond donors (Lipinski definition) is 0. The van der Waals surface area contributed by atoms with Crippen LogP contribution in [0.3, 0.4) is 0 Å². The van der Waals surface area contributed by atoms with Gasteiger partial charge < -0.3 is 0 Å². The third-order valence-electron chi connectivity index (χ3n) is 1.22. The quantitative estimate of drug-likeness (QED) is 0.454. The van der Waals surface area contributed by atoms with Crippen LogP contribution in [0.1, 0.15) is 27.7 Å². The van der Waals surface area contributed by atoms with Crippen LogP contribution in [0.25, 0.3) is 0 Å². The molecule has 0 aliphatic carbocycles. The topological polar surface area (TPSA) is 23.8 Å². The van der Waals surface area contributed by atoms with Gasteiger partial charge in [0.25, 0.3) is 0 Å². The van der Waals surface area contributed by atoms with E-state index < -0.39 is 0 Å². The summed E-state index contributed by atoms with van der Waals surface area (Å²) in [5.41, 5.74) is 0.867. The molecular formula is C8H13N. The number of rotatable bonds is 0. The fourth-order valence-corrected chi connectivity index (χ4v) is 0.665. The van der Waals surface area contributed by atoms with E-state index in [0.717, 1.165) is 5.57 Å². The molecule has 9 heavy (non-hydrogen) atoms. The maximum atomic E-state index is 8.54. The Bertz CT molecular complexity index is 152. The summed E-state index contributed by atoms with van der Waals surface area (Å²) in [5, 5.41) is 8.54. The van der Waals surface area contributed by atoms with Gasteiger partial charge in [-0.25, -0.2) is 0 Å². The highest BCUT2D eigenvalue weighted by molar-refractivity contribution is 5.25. The Balaban J connectivity index is 4.39. The lowest BCUT2D eigenvalue weighted by Crippen LogP contribution is -2.06. The molecule has 0 fully saturated rings. The smallest absolute Gasteiger partial charge is 0.0949 e. The predicted molar refractivity (Wildman–Crippen MR) is 38.8 cm³/mol. The molecule has 0 aliphatic heterocycles. The van der Waals surface area contributed by atoms with Crippen LogP contribution in [-0.2, 0) is 0 Å². The molecule has 0 heterocycles. The van der Waals surface area contributed by atoms with E-state index in [2.05, 4.69) is 6.07 Å². The van der Waals surface area contributed by atoms with Crippen LogP contribution >= 0.6 is 0 Å². The zero-order valence-electron chi connectivity index (χ0n) is 6.52. The summed E-state index contributed by atoms with van der Waals surface area (Å²) < 4.78 is 0. The first kappa shape index (κ1) is 8.23. The average molecular weight is 123 g/mol. The zero-order valence-corrected chi connectivity index (χ0v) is 6.52. The summed E-state index contributed by atoms with van der Waals surface area (Å²) in [5.74, 6) is 0. The van der Waals surface area contributed by atoms with Gasteiger partial charge in [0.1, 0.15) is 0 Å². The third kappa shape index (κ3) is 2.32. The van der Waals surface area contributed by atoms with Crippen molar-refractivity contribution in [1.29, 1.82) is 5.26 Å².